The zero-order chi connectivity index (χ0) is 9.56. The summed E-state index contributed by atoms with van der Waals surface area (Å²) in [5.74, 6) is -2.59. The molecule has 0 heterocycles. The van der Waals surface area contributed by atoms with E-state index in [2.05, 4.69) is 5.32 Å². The predicted molar refractivity (Wildman–Crippen MR) is 39.0 cm³/mol. The molecule has 0 aliphatic heterocycles. The third-order valence-corrected chi connectivity index (χ3v) is 0.814. The molecule has 0 saturated carbocycles. The van der Waals surface area contributed by atoms with Gasteiger partial charge in [-0.15, -0.1) is 0 Å². The normalized spacial score (nSPS) is 9.67. The van der Waals surface area contributed by atoms with Gasteiger partial charge in [0.15, 0.2) is 0 Å². The van der Waals surface area contributed by atoms with Gasteiger partial charge in [-0.3, -0.25) is 9.59 Å². The summed E-state index contributed by atoms with van der Waals surface area (Å²) in [6.07, 6.45) is 1.46. The van der Waals surface area contributed by atoms with Crippen LogP contribution in [0.25, 0.3) is 0 Å². The fourth-order valence-corrected chi connectivity index (χ4v) is 0.380. The summed E-state index contributed by atoms with van der Waals surface area (Å²) in [6.45, 7) is -0.303. The number of rotatable bonds is 4. The number of amides is 2. The Balaban J connectivity index is 3.75. The average molecular weight is 172 g/mol. The first kappa shape index (κ1) is 10.2. The molecule has 6 nitrogen and oxygen atoms in total. The number of carboxylic acids is 1. The molecule has 0 unspecified atom stereocenters. The Morgan fingerprint density at radius 1 is 1.33 bits per heavy atom. The van der Waals surface area contributed by atoms with Crippen molar-refractivity contribution in [1.82, 2.24) is 5.32 Å². The van der Waals surface area contributed by atoms with Gasteiger partial charge in [-0.05, 0) is 0 Å². The summed E-state index contributed by atoms with van der Waals surface area (Å²) in [5.41, 5.74) is 4.70. The molecule has 0 bridgehead atoms. The van der Waals surface area contributed by atoms with E-state index in [1.165, 1.54) is 0 Å². The Hall–Kier alpha value is -1.85. The Labute approximate surface area is 68.0 Å². The highest BCUT2D eigenvalue weighted by molar-refractivity contribution is 5.95. The van der Waals surface area contributed by atoms with Gasteiger partial charge >= 0.3 is 5.97 Å². The van der Waals surface area contributed by atoms with E-state index in [0.717, 1.165) is 6.08 Å². The maximum absolute atomic E-state index is 10.6. The van der Waals surface area contributed by atoms with Crippen LogP contribution in [0.2, 0.25) is 0 Å². The number of carbonyl (C=O) groups is 3. The first-order valence-electron chi connectivity index (χ1n) is 2.99. The average Bonchev–Trinajstić information content (AvgIpc) is 1.96. The number of hydrogen-bond donors (Lipinski definition) is 3. The summed E-state index contributed by atoms with van der Waals surface area (Å²) in [6, 6.07) is 0. The molecule has 0 rings (SSSR count). The van der Waals surface area contributed by atoms with Gasteiger partial charge in [0, 0.05) is 12.2 Å². The minimum Gasteiger partial charge on any atom is -0.478 e. The largest absolute Gasteiger partial charge is 0.478 e. The molecular weight excluding hydrogens is 164 g/mol. The molecule has 0 aromatic heterocycles. The molecule has 2 amide bonds. The van der Waals surface area contributed by atoms with Crippen LogP contribution in [0.4, 0.5) is 0 Å². The fraction of sp³-hybridized carbons (Fsp3) is 0.167. The lowest BCUT2D eigenvalue weighted by Crippen LogP contribution is -2.32. The summed E-state index contributed by atoms with van der Waals surface area (Å²) < 4.78 is 0. The lowest BCUT2D eigenvalue weighted by molar-refractivity contribution is -0.131. The molecule has 12 heavy (non-hydrogen) atoms. The zero-order valence-electron chi connectivity index (χ0n) is 6.11. The Morgan fingerprint density at radius 3 is 2.33 bits per heavy atom. The number of aliphatic carboxylic acids is 1. The second-order valence-electron chi connectivity index (χ2n) is 1.86. The van der Waals surface area contributed by atoms with Crippen LogP contribution in [0.5, 0.6) is 0 Å². The van der Waals surface area contributed by atoms with E-state index in [0.29, 0.717) is 6.08 Å². The van der Waals surface area contributed by atoms with Crippen LogP contribution in [0.3, 0.4) is 0 Å². The molecule has 0 spiro atoms. The van der Waals surface area contributed by atoms with Crippen LogP contribution >= 0.6 is 0 Å². The Kier molecular flexibility index (Phi) is 4.13. The van der Waals surface area contributed by atoms with Gasteiger partial charge in [-0.2, -0.15) is 0 Å². The van der Waals surface area contributed by atoms with Crippen molar-refractivity contribution in [2.24, 2.45) is 5.73 Å². The van der Waals surface area contributed by atoms with Crippen molar-refractivity contribution >= 4 is 17.8 Å². The SMILES string of the molecule is NC(=O)CNC(=O)/C=C/C(=O)O. The Morgan fingerprint density at radius 2 is 1.92 bits per heavy atom. The number of nitrogens with one attached hydrogen (secondary N) is 1. The molecule has 0 radical (unpaired) electrons. The van der Waals surface area contributed by atoms with E-state index >= 15 is 0 Å². The standard InChI is InChI=1S/C6H8N2O4/c7-4(9)3-8-5(10)1-2-6(11)12/h1-2H,3H2,(H2,7,9)(H,8,10)(H,11,12)/b2-1+. The van der Waals surface area contributed by atoms with E-state index in [1.807, 2.05) is 0 Å². The molecule has 0 aromatic rings. The number of nitrogens with two attached hydrogens (primary N) is 1. The third kappa shape index (κ3) is 6.27. The van der Waals surface area contributed by atoms with Crippen molar-refractivity contribution < 1.29 is 19.5 Å². The van der Waals surface area contributed by atoms with Crippen molar-refractivity contribution in [3.8, 4) is 0 Å². The van der Waals surface area contributed by atoms with Crippen molar-refractivity contribution in [2.75, 3.05) is 6.54 Å². The van der Waals surface area contributed by atoms with Crippen LogP contribution in [-0.2, 0) is 14.4 Å². The van der Waals surface area contributed by atoms with E-state index in [9.17, 15) is 14.4 Å². The van der Waals surface area contributed by atoms with E-state index in [-0.39, 0.29) is 6.54 Å². The second kappa shape index (κ2) is 4.89. The number of carboxylic acid groups (broad SMARTS) is 1. The molecule has 0 aliphatic carbocycles. The third-order valence-electron chi connectivity index (χ3n) is 0.814. The summed E-state index contributed by atoms with van der Waals surface area (Å²) in [7, 11) is 0. The smallest absolute Gasteiger partial charge is 0.328 e. The minimum atomic E-state index is -1.23. The highest BCUT2D eigenvalue weighted by Crippen LogP contribution is 1.73. The lowest BCUT2D eigenvalue weighted by Gasteiger charge is -1.95. The zero-order valence-corrected chi connectivity index (χ0v) is 6.11. The van der Waals surface area contributed by atoms with Gasteiger partial charge in [0.1, 0.15) is 0 Å². The fourth-order valence-electron chi connectivity index (χ4n) is 0.380. The molecule has 0 atom stereocenters. The van der Waals surface area contributed by atoms with E-state index in [1.54, 1.807) is 0 Å². The first-order valence-corrected chi connectivity index (χ1v) is 2.99. The molecule has 0 aliphatic rings. The van der Waals surface area contributed by atoms with Crippen molar-refractivity contribution in [2.45, 2.75) is 0 Å². The summed E-state index contributed by atoms with van der Waals surface area (Å²) in [5, 5.41) is 10.2. The minimum absolute atomic E-state index is 0.303. The van der Waals surface area contributed by atoms with Crippen LogP contribution in [0.1, 0.15) is 0 Å². The number of primary amides is 1. The predicted octanol–water partition coefficient (Wildman–Crippen LogP) is -1.77. The summed E-state index contributed by atoms with van der Waals surface area (Å²) >= 11 is 0. The van der Waals surface area contributed by atoms with Crippen LogP contribution in [-0.4, -0.2) is 29.4 Å². The van der Waals surface area contributed by atoms with Gasteiger partial charge in [-0.25, -0.2) is 4.79 Å². The molecule has 0 aromatic carbocycles. The van der Waals surface area contributed by atoms with Gasteiger partial charge in [-0.1, -0.05) is 0 Å². The highest BCUT2D eigenvalue weighted by atomic mass is 16.4. The van der Waals surface area contributed by atoms with Gasteiger partial charge in [0.05, 0.1) is 6.54 Å². The molecule has 66 valence electrons. The molecular formula is C6H8N2O4. The maximum Gasteiger partial charge on any atom is 0.328 e. The maximum atomic E-state index is 10.6. The van der Waals surface area contributed by atoms with Gasteiger partial charge < -0.3 is 16.2 Å². The Bertz CT molecular complexity index is 234. The van der Waals surface area contributed by atoms with Crippen molar-refractivity contribution in [1.29, 1.82) is 0 Å². The van der Waals surface area contributed by atoms with Crippen molar-refractivity contribution in [3.63, 3.8) is 0 Å². The highest BCUT2D eigenvalue weighted by Gasteiger charge is 1.97. The molecule has 0 fully saturated rings. The monoisotopic (exact) mass is 172 g/mol. The van der Waals surface area contributed by atoms with Crippen LogP contribution in [0.15, 0.2) is 12.2 Å². The second-order valence-corrected chi connectivity index (χ2v) is 1.86. The van der Waals surface area contributed by atoms with E-state index < -0.39 is 17.8 Å². The molecule has 6 heteroatoms. The lowest BCUT2D eigenvalue weighted by atomic mass is 10.4. The molecule has 0 saturated heterocycles. The van der Waals surface area contributed by atoms with Gasteiger partial charge in [0.2, 0.25) is 11.8 Å². The number of carbonyl (C=O) groups excluding carboxylic acids is 2. The number of hydrogen-bond acceptors (Lipinski definition) is 3. The topological polar surface area (TPSA) is 109 Å². The van der Waals surface area contributed by atoms with Gasteiger partial charge in [0.25, 0.3) is 0 Å². The van der Waals surface area contributed by atoms with E-state index in [4.69, 9.17) is 10.8 Å². The molecule has 4 N–H and O–H groups in total. The first-order chi connectivity index (χ1) is 5.52. The summed E-state index contributed by atoms with van der Waals surface area (Å²) in [4.78, 5) is 30.6. The van der Waals surface area contributed by atoms with Crippen LogP contribution < -0.4 is 11.1 Å². The quantitative estimate of drug-likeness (QED) is 0.436. The van der Waals surface area contributed by atoms with Crippen molar-refractivity contribution in [3.05, 3.63) is 12.2 Å². The van der Waals surface area contributed by atoms with Crippen LogP contribution in [0, 0.1) is 0 Å².